The Kier molecular flexibility index (Phi) is 8.50. The van der Waals surface area contributed by atoms with Gasteiger partial charge in [-0.15, -0.1) is 0 Å². The smallest absolute Gasteiger partial charge is 0.405 e. The van der Waals surface area contributed by atoms with Crippen molar-refractivity contribution in [3.8, 4) is 11.1 Å². The lowest BCUT2D eigenvalue weighted by atomic mass is 9.88. The van der Waals surface area contributed by atoms with Crippen molar-refractivity contribution >= 4 is 23.3 Å². The predicted molar refractivity (Wildman–Crippen MR) is 138 cm³/mol. The van der Waals surface area contributed by atoms with Crippen LogP contribution in [0.2, 0.25) is 0 Å². The van der Waals surface area contributed by atoms with Gasteiger partial charge in [-0.2, -0.15) is 17.6 Å². The highest BCUT2D eigenvalue weighted by atomic mass is 19.4. The number of aliphatic imine (C=N–C) groups is 1. The Hall–Kier alpha value is -3.90. The molecule has 0 aliphatic heterocycles. The van der Waals surface area contributed by atoms with E-state index in [2.05, 4.69) is 25.6 Å². The molecule has 2 saturated carbocycles. The Morgan fingerprint density at radius 2 is 1.73 bits per heavy atom. The van der Waals surface area contributed by atoms with Crippen molar-refractivity contribution in [1.29, 1.82) is 0 Å². The Morgan fingerprint density at radius 1 is 1.07 bits per heavy atom. The number of pyridine rings is 2. The molecule has 2 aliphatic rings. The summed E-state index contributed by atoms with van der Waals surface area (Å²) in [5.41, 5.74) is 2.37. The summed E-state index contributed by atoms with van der Waals surface area (Å²) < 4.78 is 69.2. The van der Waals surface area contributed by atoms with Gasteiger partial charge >= 0.3 is 6.18 Å². The van der Waals surface area contributed by atoms with Gasteiger partial charge < -0.3 is 16.4 Å². The molecule has 0 aromatic carbocycles. The summed E-state index contributed by atoms with van der Waals surface area (Å²) in [6, 6.07) is 0.843. The SMILES string of the molecule is CC(C)N=C(C=CN)C(=O)NC(C(=O)Nc1ccc(-c2cncc(F)c2C(F)(F)F)c(F)n1)C(C1CC1)C1CC1. The molecule has 0 bridgehead atoms. The van der Waals surface area contributed by atoms with Crippen molar-refractivity contribution in [2.45, 2.75) is 57.8 Å². The number of aromatic nitrogens is 2. The van der Waals surface area contributed by atoms with E-state index >= 15 is 0 Å². The minimum absolute atomic E-state index is 0.0401. The number of halogens is 5. The zero-order chi connectivity index (χ0) is 29.2. The normalized spacial score (nSPS) is 17.0. The molecule has 40 heavy (non-hydrogen) atoms. The number of rotatable bonds is 10. The van der Waals surface area contributed by atoms with Gasteiger partial charge in [-0.3, -0.25) is 19.6 Å². The van der Waals surface area contributed by atoms with Gasteiger partial charge in [0.2, 0.25) is 11.9 Å². The molecule has 0 saturated heterocycles. The third-order valence-corrected chi connectivity index (χ3v) is 6.74. The van der Waals surface area contributed by atoms with Crippen LogP contribution < -0.4 is 16.4 Å². The molecule has 2 aromatic rings. The Morgan fingerprint density at radius 3 is 2.25 bits per heavy atom. The number of nitrogens with zero attached hydrogens (tertiary/aromatic N) is 3. The number of alkyl halides is 3. The third kappa shape index (κ3) is 6.80. The number of anilines is 1. The molecule has 4 rings (SSSR count). The number of hydrogen-bond acceptors (Lipinski definition) is 6. The molecule has 2 fully saturated rings. The number of nitrogens with one attached hydrogen (secondary N) is 2. The second kappa shape index (κ2) is 11.7. The van der Waals surface area contributed by atoms with Crippen molar-refractivity contribution in [3.63, 3.8) is 0 Å². The van der Waals surface area contributed by atoms with Crippen molar-refractivity contribution in [2.75, 3.05) is 5.32 Å². The minimum atomic E-state index is -5.11. The molecule has 1 unspecified atom stereocenters. The lowest BCUT2D eigenvalue weighted by Crippen LogP contribution is -2.51. The largest absolute Gasteiger partial charge is 0.419 e. The first-order valence-corrected chi connectivity index (χ1v) is 12.9. The molecule has 8 nitrogen and oxygen atoms in total. The molecule has 0 radical (unpaired) electrons. The minimum Gasteiger partial charge on any atom is -0.405 e. The van der Waals surface area contributed by atoms with Gasteiger partial charge in [-0.1, -0.05) is 0 Å². The molecule has 4 N–H and O–H groups in total. The number of carbonyl (C=O) groups excluding carboxylic acids is 2. The average molecular weight is 565 g/mol. The second-order valence-electron chi connectivity index (χ2n) is 10.2. The summed E-state index contributed by atoms with van der Waals surface area (Å²) in [5, 5.41) is 5.25. The number of hydrogen-bond donors (Lipinski definition) is 3. The average Bonchev–Trinajstić information content (AvgIpc) is 3.78. The van der Waals surface area contributed by atoms with Gasteiger partial charge in [0.25, 0.3) is 5.91 Å². The van der Waals surface area contributed by atoms with Crippen molar-refractivity contribution in [1.82, 2.24) is 15.3 Å². The lowest BCUT2D eigenvalue weighted by Gasteiger charge is -2.27. The van der Waals surface area contributed by atoms with Gasteiger partial charge in [0, 0.05) is 23.4 Å². The van der Waals surface area contributed by atoms with Crippen LogP contribution in [0.15, 0.2) is 41.8 Å². The molecule has 13 heteroatoms. The van der Waals surface area contributed by atoms with Crippen LogP contribution in [-0.2, 0) is 15.8 Å². The van der Waals surface area contributed by atoms with Crippen molar-refractivity contribution in [3.05, 3.63) is 54.1 Å². The second-order valence-corrected chi connectivity index (χ2v) is 10.2. The summed E-state index contributed by atoms with van der Waals surface area (Å²) in [5.74, 6) is -4.27. The Labute approximate surface area is 227 Å². The standard InChI is InChI=1S/C27H29F5N6O2/c1-13(2)35-19(9-10-33)25(39)38-23(21(14-3-4-14)15-5-6-15)26(40)37-20-8-7-16(24(29)36-20)17-11-34-12-18(28)22(17)27(30,31)32/h7-15,21,23H,3-6,33H2,1-2H3,(H,38,39)(H,36,37,40). The lowest BCUT2D eigenvalue weighted by molar-refractivity contribution is -0.139. The molecule has 1 atom stereocenters. The van der Waals surface area contributed by atoms with Gasteiger partial charge in [-0.25, -0.2) is 9.37 Å². The van der Waals surface area contributed by atoms with E-state index in [4.69, 9.17) is 5.73 Å². The molecule has 2 aromatic heterocycles. The molecule has 214 valence electrons. The highest BCUT2D eigenvalue weighted by Gasteiger charge is 2.48. The Bertz CT molecular complexity index is 1320. The van der Waals surface area contributed by atoms with Crippen LogP contribution in [0.4, 0.5) is 27.8 Å². The maximum Gasteiger partial charge on any atom is 0.419 e. The number of carbonyl (C=O) groups is 2. The molecular formula is C27H29F5N6O2. The first-order chi connectivity index (χ1) is 18.9. The van der Waals surface area contributed by atoms with Crippen LogP contribution in [0.1, 0.15) is 45.1 Å². The molecular weight excluding hydrogens is 535 g/mol. The predicted octanol–water partition coefficient (Wildman–Crippen LogP) is 4.62. The maximum atomic E-state index is 15.0. The van der Waals surface area contributed by atoms with Crippen LogP contribution in [0.3, 0.4) is 0 Å². The van der Waals surface area contributed by atoms with E-state index in [1.165, 1.54) is 12.3 Å². The van der Waals surface area contributed by atoms with Crippen LogP contribution >= 0.6 is 0 Å². The Balaban J connectivity index is 1.61. The van der Waals surface area contributed by atoms with Gasteiger partial charge in [0.1, 0.15) is 23.1 Å². The van der Waals surface area contributed by atoms with E-state index in [0.717, 1.165) is 37.8 Å². The summed E-state index contributed by atoms with van der Waals surface area (Å²) >= 11 is 0. The summed E-state index contributed by atoms with van der Waals surface area (Å²) in [7, 11) is 0. The van der Waals surface area contributed by atoms with Crippen LogP contribution in [-0.4, -0.2) is 39.6 Å². The van der Waals surface area contributed by atoms with Gasteiger partial charge in [0.15, 0.2) is 5.82 Å². The van der Waals surface area contributed by atoms with Crippen molar-refractivity contribution < 1.29 is 31.5 Å². The topological polar surface area (TPSA) is 122 Å². The summed E-state index contributed by atoms with van der Waals surface area (Å²) in [6.07, 6.45) is 2.09. The fraction of sp³-hybridized carbons (Fsp3) is 0.444. The highest BCUT2D eigenvalue weighted by Crippen LogP contribution is 2.51. The zero-order valence-corrected chi connectivity index (χ0v) is 21.8. The van der Waals surface area contributed by atoms with E-state index in [1.54, 1.807) is 13.8 Å². The van der Waals surface area contributed by atoms with E-state index in [9.17, 15) is 31.5 Å². The molecule has 2 heterocycles. The monoisotopic (exact) mass is 564 g/mol. The number of nitrogens with two attached hydrogens (primary N) is 1. The van der Waals surface area contributed by atoms with Crippen LogP contribution in [0.25, 0.3) is 11.1 Å². The van der Waals surface area contributed by atoms with Gasteiger partial charge in [0.05, 0.1) is 6.20 Å². The summed E-state index contributed by atoms with van der Waals surface area (Å²) in [6.45, 7) is 3.56. The fourth-order valence-corrected chi connectivity index (χ4v) is 4.83. The highest BCUT2D eigenvalue weighted by molar-refractivity contribution is 6.43. The first kappa shape index (κ1) is 29.1. The maximum absolute atomic E-state index is 15.0. The first-order valence-electron chi connectivity index (χ1n) is 12.9. The quantitative estimate of drug-likeness (QED) is 0.221. The van der Waals surface area contributed by atoms with Crippen LogP contribution in [0.5, 0.6) is 0 Å². The fourth-order valence-electron chi connectivity index (χ4n) is 4.83. The summed E-state index contributed by atoms with van der Waals surface area (Å²) in [4.78, 5) is 37.8. The zero-order valence-electron chi connectivity index (χ0n) is 21.8. The molecule has 0 spiro atoms. The van der Waals surface area contributed by atoms with E-state index in [-0.39, 0.29) is 35.3 Å². The molecule has 2 amide bonds. The van der Waals surface area contributed by atoms with Crippen molar-refractivity contribution in [2.24, 2.45) is 28.5 Å². The van der Waals surface area contributed by atoms with E-state index < -0.39 is 52.5 Å². The van der Waals surface area contributed by atoms with Gasteiger partial charge in [-0.05, 0) is 81.7 Å². The van der Waals surface area contributed by atoms with E-state index in [0.29, 0.717) is 12.4 Å². The molecule has 2 aliphatic carbocycles. The van der Waals surface area contributed by atoms with E-state index in [1.807, 2.05) is 0 Å². The van der Waals surface area contributed by atoms with Crippen LogP contribution in [0, 0.1) is 29.5 Å². The third-order valence-electron chi connectivity index (χ3n) is 6.74. The number of amides is 2.